The van der Waals surface area contributed by atoms with Crippen LogP contribution >= 0.6 is 0 Å². The maximum Gasteiger partial charge on any atom is 0.407 e. The Kier molecular flexibility index (Phi) is 3.13. The van der Waals surface area contributed by atoms with Gasteiger partial charge in [0.2, 0.25) is 0 Å². The van der Waals surface area contributed by atoms with Crippen molar-refractivity contribution in [2.45, 2.75) is 25.3 Å². The van der Waals surface area contributed by atoms with Crippen LogP contribution in [-0.4, -0.2) is 51.5 Å². The summed E-state index contributed by atoms with van der Waals surface area (Å²) in [5, 5.41) is 12.4. The molecule has 7 heteroatoms. The van der Waals surface area contributed by atoms with Crippen LogP contribution in [0.2, 0.25) is 0 Å². The Morgan fingerprint density at radius 3 is 3.05 bits per heavy atom. The molecule has 1 amide bonds. The lowest BCUT2D eigenvalue weighted by Crippen LogP contribution is -2.48. The van der Waals surface area contributed by atoms with Gasteiger partial charge < -0.3 is 15.3 Å². The van der Waals surface area contributed by atoms with Crippen LogP contribution in [0.1, 0.15) is 47.1 Å². The molecule has 1 aliphatic heterocycles. The van der Waals surface area contributed by atoms with Gasteiger partial charge in [0.05, 0.1) is 11.7 Å². The number of rotatable bonds is 1. The molecule has 0 radical (unpaired) electrons. The summed E-state index contributed by atoms with van der Waals surface area (Å²) in [6, 6.07) is -0.176. The topological polar surface area (TPSA) is 95.4 Å². The van der Waals surface area contributed by atoms with E-state index >= 15 is 0 Å². The van der Waals surface area contributed by atoms with Crippen molar-refractivity contribution >= 4 is 11.9 Å². The highest BCUT2D eigenvalue weighted by molar-refractivity contribution is 5.99. The van der Waals surface area contributed by atoms with Crippen molar-refractivity contribution in [3.05, 3.63) is 23.3 Å². The van der Waals surface area contributed by atoms with Gasteiger partial charge in [0.15, 0.2) is 5.78 Å². The quantitative estimate of drug-likeness (QED) is 0.787. The number of fused-ring (bicyclic) bond motifs is 1. The Labute approximate surface area is 116 Å². The molecule has 106 valence electrons. The van der Waals surface area contributed by atoms with Gasteiger partial charge in [0.25, 0.3) is 0 Å². The number of nitrogens with one attached hydrogen (secondary N) is 1. The van der Waals surface area contributed by atoms with Gasteiger partial charge in [-0.15, -0.1) is 0 Å². The summed E-state index contributed by atoms with van der Waals surface area (Å²) < 4.78 is 0. The lowest BCUT2D eigenvalue weighted by atomic mass is 9.98. The molecule has 2 aliphatic rings. The number of amides is 1. The van der Waals surface area contributed by atoms with E-state index in [0.29, 0.717) is 31.7 Å². The second-order valence-corrected chi connectivity index (χ2v) is 5.28. The molecule has 1 aliphatic carbocycles. The number of nitrogens with zero attached hydrogens (tertiary/aromatic N) is 3. The maximum absolute atomic E-state index is 11.9. The van der Waals surface area contributed by atoms with Crippen LogP contribution < -0.4 is 5.32 Å². The molecule has 1 aromatic heterocycles. The Balaban J connectivity index is 1.95. The van der Waals surface area contributed by atoms with E-state index in [1.165, 1.54) is 11.2 Å². The van der Waals surface area contributed by atoms with Crippen molar-refractivity contribution in [3.63, 3.8) is 0 Å². The molecule has 1 fully saturated rings. The fourth-order valence-electron chi connectivity index (χ4n) is 2.98. The van der Waals surface area contributed by atoms with Crippen LogP contribution in [0.5, 0.6) is 0 Å². The molecular formula is C13H16N4O3. The number of carbonyl (C=O) groups is 2. The molecule has 0 saturated carbocycles. The summed E-state index contributed by atoms with van der Waals surface area (Å²) >= 11 is 0. The summed E-state index contributed by atoms with van der Waals surface area (Å²) in [6.07, 6.45) is 0.924. The summed E-state index contributed by atoms with van der Waals surface area (Å²) in [7, 11) is 0. The lowest BCUT2D eigenvalue weighted by Gasteiger charge is -2.32. The van der Waals surface area contributed by atoms with Gasteiger partial charge in [-0.1, -0.05) is 6.92 Å². The number of piperazine rings is 1. The number of hydrogen-bond acceptors (Lipinski definition) is 5. The van der Waals surface area contributed by atoms with Crippen LogP contribution in [-0.2, 0) is 0 Å². The predicted molar refractivity (Wildman–Crippen MR) is 69.7 cm³/mol. The van der Waals surface area contributed by atoms with Gasteiger partial charge in [0.1, 0.15) is 12.0 Å². The number of aromatic nitrogens is 2. The number of carbonyl (C=O) groups excluding carboxylic acids is 1. The average Bonchev–Trinajstić information content (AvgIpc) is 2.74. The monoisotopic (exact) mass is 276 g/mol. The molecule has 7 nitrogen and oxygen atoms in total. The van der Waals surface area contributed by atoms with Gasteiger partial charge in [-0.05, 0) is 5.92 Å². The van der Waals surface area contributed by atoms with E-state index in [9.17, 15) is 9.59 Å². The third kappa shape index (κ3) is 2.03. The SMILES string of the molecule is CC1CC(=O)c2ncnc(C3CN(C(=O)O)CCN3)c21. The van der Waals surface area contributed by atoms with Crippen molar-refractivity contribution < 1.29 is 14.7 Å². The number of carboxylic acid groups (broad SMARTS) is 1. The Morgan fingerprint density at radius 1 is 1.50 bits per heavy atom. The maximum atomic E-state index is 11.9. The average molecular weight is 276 g/mol. The molecule has 2 unspecified atom stereocenters. The molecule has 2 N–H and O–H groups in total. The second-order valence-electron chi connectivity index (χ2n) is 5.28. The summed E-state index contributed by atoms with van der Waals surface area (Å²) in [4.78, 5) is 32.7. The summed E-state index contributed by atoms with van der Waals surface area (Å²) in [5.41, 5.74) is 2.14. The minimum Gasteiger partial charge on any atom is -0.465 e. The Hall–Kier alpha value is -2.02. The van der Waals surface area contributed by atoms with Crippen LogP contribution in [0.15, 0.2) is 6.33 Å². The summed E-state index contributed by atoms with van der Waals surface area (Å²) in [5.74, 6) is 0.137. The van der Waals surface area contributed by atoms with Crippen molar-refractivity contribution in [2.75, 3.05) is 19.6 Å². The molecule has 3 rings (SSSR count). The van der Waals surface area contributed by atoms with Crippen LogP contribution in [0.4, 0.5) is 4.79 Å². The first kappa shape index (κ1) is 13.0. The number of Topliss-reactive ketones (excluding diaryl/α,β-unsaturated/α-hetero) is 1. The normalized spacial score (nSPS) is 25.6. The molecule has 0 spiro atoms. The van der Waals surface area contributed by atoms with Crippen molar-refractivity contribution in [1.82, 2.24) is 20.2 Å². The van der Waals surface area contributed by atoms with E-state index in [0.717, 1.165) is 11.3 Å². The Bertz CT molecular complexity index is 575. The smallest absolute Gasteiger partial charge is 0.407 e. The molecule has 0 bridgehead atoms. The fraction of sp³-hybridized carbons (Fsp3) is 0.538. The first-order valence-electron chi connectivity index (χ1n) is 6.67. The molecule has 0 aromatic carbocycles. The van der Waals surface area contributed by atoms with Crippen LogP contribution in [0.25, 0.3) is 0 Å². The number of ketones is 1. The van der Waals surface area contributed by atoms with E-state index in [2.05, 4.69) is 15.3 Å². The predicted octanol–water partition coefficient (Wildman–Crippen LogP) is 0.791. The number of hydrogen-bond donors (Lipinski definition) is 2. The van der Waals surface area contributed by atoms with Gasteiger partial charge in [-0.2, -0.15) is 0 Å². The van der Waals surface area contributed by atoms with E-state index in [4.69, 9.17) is 5.11 Å². The van der Waals surface area contributed by atoms with E-state index in [-0.39, 0.29) is 17.7 Å². The molecule has 1 aromatic rings. The van der Waals surface area contributed by atoms with Crippen molar-refractivity contribution in [3.8, 4) is 0 Å². The zero-order valence-corrected chi connectivity index (χ0v) is 11.2. The van der Waals surface area contributed by atoms with Crippen molar-refractivity contribution in [1.29, 1.82) is 0 Å². The van der Waals surface area contributed by atoms with Crippen molar-refractivity contribution in [2.24, 2.45) is 0 Å². The van der Waals surface area contributed by atoms with E-state index < -0.39 is 6.09 Å². The van der Waals surface area contributed by atoms with Gasteiger partial charge in [0, 0.05) is 31.6 Å². The molecule has 2 atom stereocenters. The molecule has 2 heterocycles. The summed E-state index contributed by atoms with van der Waals surface area (Å²) in [6.45, 7) is 3.37. The second kappa shape index (κ2) is 4.82. The van der Waals surface area contributed by atoms with Gasteiger partial charge >= 0.3 is 6.09 Å². The fourth-order valence-corrected chi connectivity index (χ4v) is 2.98. The van der Waals surface area contributed by atoms with Crippen LogP contribution in [0, 0.1) is 0 Å². The highest BCUT2D eigenvalue weighted by Gasteiger charge is 2.35. The first-order chi connectivity index (χ1) is 9.58. The highest BCUT2D eigenvalue weighted by Crippen LogP contribution is 2.35. The molecule has 20 heavy (non-hydrogen) atoms. The Morgan fingerprint density at radius 2 is 2.30 bits per heavy atom. The minimum absolute atomic E-state index is 0.0436. The molecule has 1 saturated heterocycles. The van der Waals surface area contributed by atoms with Gasteiger partial charge in [-0.25, -0.2) is 14.8 Å². The minimum atomic E-state index is -0.925. The lowest BCUT2D eigenvalue weighted by molar-refractivity contribution is 0.0985. The van der Waals surface area contributed by atoms with Crippen LogP contribution in [0.3, 0.4) is 0 Å². The zero-order valence-electron chi connectivity index (χ0n) is 11.2. The standard InChI is InChI=1S/C13H16N4O3/c1-7-4-9(18)12-10(7)11(15-6-16-12)8-5-17(13(19)20)3-2-14-8/h6-8,14H,2-5H2,1H3,(H,19,20). The third-order valence-corrected chi connectivity index (χ3v) is 3.94. The van der Waals surface area contributed by atoms with E-state index in [1.807, 2.05) is 6.92 Å². The third-order valence-electron chi connectivity index (χ3n) is 3.94. The van der Waals surface area contributed by atoms with E-state index in [1.54, 1.807) is 0 Å². The van der Waals surface area contributed by atoms with Gasteiger partial charge in [-0.3, -0.25) is 4.79 Å². The first-order valence-corrected chi connectivity index (χ1v) is 6.67. The molecular weight excluding hydrogens is 260 g/mol. The zero-order chi connectivity index (χ0) is 14.3. The largest absolute Gasteiger partial charge is 0.465 e. The highest BCUT2D eigenvalue weighted by atomic mass is 16.4.